The Morgan fingerprint density at radius 1 is 0.366 bits per heavy atom. The molecule has 145 heavy (non-hydrogen) atoms. The molecule has 6 aromatic heterocycles. The second kappa shape index (κ2) is 55.8. The van der Waals surface area contributed by atoms with Gasteiger partial charge in [0.15, 0.2) is 0 Å². The third-order valence-corrected chi connectivity index (χ3v) is 28.1. The number of rotatable bonds is 39. The van der Waals surface area contributed by atoms with Gasteiger partial charge in [0.2, 0.25) is 0 Å². The molecule has 2 saturated carbocycles. The zero-order chi connectivity index (χ0) is 105. The third kappa shape index (κ3) is 35.5. The van der Waals surface area contributed by atoms with Crippen molar-refractivity contribution in [2.75, 3.05) is 0 Å². The van der Waals surface area contributed by atoms with E-state index in [1.165, 1.54) is 117 Å². The number of hydrogen-bond acceptors (Lipinski definition) is 12. The van der Waals surface area contributed by atoms with E-state index in [4.69, 9.17) is 0 Å². The monoisotopic (exact) mass is 1970 g/mol. The summed E-state index contributed by atoms with van der Waals surface area (Å²) >= 11 is 0. The van der Waals surface area contributed by atoms with Crippen LogP contribution in [0.1, 0.15) is 271 Å². The number of aryl methyl sites for hydroxylation is 1. The normalized spacial score (nSPS) is 14.4. The molecule has 2 aliphatic rings. The zero-order valence-corrected chi connectivity index (χ0v) is 88.1. The van der Waals surface area contributed by atoms with Gasteiger partial charge in [-0.2, -0.15) is 0 Å². The van der Waals surface area contributed by atoms with Crippen molar-refractivity contribution in [2.45, 2.75) is 277 Å². The van der Waals surface area contributed by atoms with Crippen molar-refractivity contribution in [3.05, 3.63) is 335 Å². The second-order valence-corrected chi connectivity index (χ2v) is 43.1. The molecule has 13 aromatic rings. The van der Waals surface area contributed by atoms with Crippen molar-refractivity contribution in [2.24, 2.45) is 64.1 Å². The Morgan fingerprint density at radius 3 is 1.02 bits per heavy atom. The van der Waals surface area contributed by atoms with Gasteiger partial charge in [-0.25, -0.2) is 26.3 Å². The first-order chi connectivity index (χ1) is 69.1. The maximum Gasteiger partial charge on any atom is 0.149 e. The van der Waals surface area contributed by atoms with Crippen LogP contribution in [-0.2, 0) is 73.7 Å². The zero-order valence-electron chi connectivity index (χ0n) is 88.1. The third-order valence-electron chi connectivity index (χ3n) is 28.1. The first kappa shape index (κ1) is 114. The van der Waals surface area contributed by atoms with Crippen LogP contribution < -0.4 is 0 Å². The number of nitrogens with zero attached hydrogens (tertiary/aromatic N) is 6. The van der Waals surface area contributed by atoms with Crippen molar-refractivity contribution in [1.29, 1.82) is 0 Å². The van der Waals surface area contributed by atoms with E-state index < -0.39 is 5.41 Å². The first-order valence-electron chi connectivity index (χ1n) is 52.1. The topological polar surface area (TPSA) is 180 Å². The van der Waals surface area contributed by atoms with Gasteiger partial charge >= 0.3 is 0 Å². The lowest BCUT2D eigenvalue weighted by Crippen LogP contribution is -2.32. The Morgan fingerprint density at radius 2 is 0.690 bits per heavy atom. The van der Waals surface area contributed by atoms with Crippen molar-refractivity contribution in [3.8, 4) is 0 Å². The van der Waals surface area contributed by atoms with E-state index in [9.17, 15) is 55.1 Å². The fraction of sp³-hybridized carbons (Fsp3) is 0.417. The van der Waals surface area contributed by atoms with Gasteiger partial charge in [0, 0.05) is 143 Å². The molecule has 0 saturated heterocycles. The van der Waals surface area contributed by atoms with Crippen molar-refractivity contribution < 1.29 is 55.1 Å². The summed E-state index contributed by atoms with van der Waals surface area (Å²) in [7, 11) is 0. The highest BCUT2D eigenvalue weighted by molar-refractivity contribution is 5.92. The number of allylic oxidation sites excluding steroid dienone is 5. The molecule has 0 spiro atoms. The highest BCUT2D eigenvalue weighted by atomic mass is 19.1. The summed E-state index contributed by atoms with van der Waals surface area (Å²) in [5.41, 5.74) is 12.3. The number of ketones is 6. The molecule has 766 valence electrons. The van der Waals surface area contributed by atoms with Crippen LogP contribution in [0.2, 0.25) is 0 Å². The number of aromatic nitrogens is 6. The van der Waals surface area contributed by atoms with Crippen LogP contribution in [-0.4, -0.2) is 64.6 Å². The number of para-hydroxylation sites is 6. The quantitative estimate of drug-likeness (QED) is 0.0263. The average molecular weight is 1970 g/mol. The number of benzene rings is 7. The summed E-state index contributed by atoms with van der Waals surface area (Å²) in [5, 5.41) is 4.44. The molecule has 0 N–H and O–H groups in total. The van der Waals surface area contributed by atoms with Crippen LogP contribution in [0.5, 0.6) is 0 Å². The smallest absolute Gasteiger partial charge is 0.149 e. The summed E-state index contributed by atoms with van der Waals surface area (Å²) in [5.74, 6) is 2.23. The van der Waals surface area contributed by atoms with Crippen LogP contribution in [0.3, 0.4) is 0 Å². The van der Waals surface area contributed by atoms with Crippen molar-refractivity contribution in [1.82, 2.24) is 29.9 Å². The van der Waals surface area contributed by atoms with E-state index in [2.05, 4.69) is 131 Å². The Hall–Kier alpha value is -12.4. The van der Waals surface area contributed by atoms with Crippen LogP contribution in [0, 0.1) is 99.0 Å². The predicted molar refractivity (Wildman–Crippen MR) is 582 cm³/mol. The maximum atomic E-state index is 13.8. The van der Waals surface area contributed by atoms with E-state index in [0.717, 1.165) is 135 Å². The van der Waals surface area contributed by atoms with Gasteiger partial charge < -0.3 is 0 Å². The molecule has 18 heteroatoms. The van der Waals surface area contributed by atoms with Gasteiger partial charge in [-0.1, -0.05) is 265 Å². The highest BCUT2D eigenvalue weighted by Gasteiger charge is 2.37. The summed E-state index contributed by atoms with van der Waals surface area (Å²) in [4.78, 5) is 102. The molecule has 2 fully saturated rings. The second-order valence-electron chi connectivity index (χ2n) is 43.1. The summed E-state index contributed by atoms with van der Waals surface area (Å²) in [6.45, 7) is 42.8. The molecule has 6 atom stereocenters. The SMILES string of the molecule is C=C(C)CC(C)(CC1CCCCC1)C(=O)Cc1cnc2c(F)cccc2c1.C=C(C)CC(C)C(=O)Cc1cnc2c(F)cccc2c1.C=CCC(C)(CC(C)C)C(=O)Cc1cnc2c(F)cccc2c1.CC(C)=C(C)CC(CC(C)C)C(=O)Cc1cnc2c(F)cccc2c1.CC(C)CC(CCc1ccccc1)C(=O)Cc1cnc2c(F)cccc2c1.CC(CC1CCCCC1)C(=O)Cc1cnc2c(F)cccc2c1. The number of carbonyl (C=O) groups excluding carboxylic acids is 6. The van der Waals surface area contributed by atoms with E-state index >= 15 is 0 Å². The lowest BCUT2D eigenvalue weighted by Gasteiger charge is -2.34. The molecule has 15 rings (SSSR count). The maximum absolute atomic E-state index is 13.8. The van der Waals surface area contributed by atoms with E-state index in [0.29, 0.717) is 114 Å². The van der Waals surface area contributed by atoms with Crippen LogP contribution in [0.25, 0.3) is 65.4 Å². The standard InChI is InChI=1S/C24H30FNO.C24H26FNO.C22H28FNO.2C20H24FNO.C17H18FNO/c1-17(2)14-24(3,15-18-8-5-4-6-9-18)22(27)13-19-12-20-10-7-11-21(25)23(20)26-16-19;1-17(2)13-20(12-11-18-7-4-3-5-8-18)23(27)15-19-14-21-9-6-10-22(25)24(21)26-16-19;1-14(2)9-19(10-16(5)15(3)4)21(25)12-17-11-18-7-6-8-20(23)22(18)24-13-17;1-14(10-15-6-3-2-4-7-15)19(23)12-16-11-17-8-5-9-18(21)20(17)22-13-16;1-5-9-20(4,12-14(2)3)18(23)11-15-10-16-7-6-8-17(21)19(16)22-13-15;1-11(2)7-12(3)16(20)9-13-8-14-5-4-6-15(18)17(14)19-10-13/h7,10-12,16,18H,1,4-6,8-9,13-15H2,2-3H3;3-10,14,16-17,20H,11-13,15H2,1-2H3;6-8,11,13-14,19H,9-10,12H2,1-5H3;5,8-9,11,13-15H,2-4,6-7,10,12H2,1H3;5-8,10,13-14H,1,9,11-12H2,2-4H3;4-6,8,10,12H,1,7,9H2,2-3H3. The van der Waals surface area contributed by atoms with Crippen molar-refractivity contribution >= 4 is 100 Å². The fourth-order valence-electron chi connectivity index (χ4n) is 20.5. The van der Waals surface area contributed by atoms with E-state index in [1.807, 2.05) is 126 Å². The Labute approximate surface area is 856 Å². The van der Waals surface area contributed by atoms with E-state index in [1.54, 1.807) is 79.6 Å². The molecule has 0 aliphatic heterocycles. The molecule has 6 heterocycles. The van der Waals surface area contributed by atoms with E-state index in [-0.39, 0.29) is 98.7 Å². The van der Waals surface area contributed by atoms with Crippen LogP contribution in [0.15, 0.2) is 261 Å². The first-order valence-corrected chi connectivity index (χ1v) is 52.1. The average Bonchev–Trinajstić information content (AvgIpc) is 0.795. The molecular formula is C127H150F6N6O6. The van der Waals surface area contributed by atoms with Gasteiger partial charge in [-0.15, -0.1) is 19.7 Å². The molecule has 0 amide bonds. The number of fused-ring (bicyclic) bond motifs is 6. The predicted octanol–water partition coefficient (Wildman–Crippen LogP) is 32.4. The molecular weight excluding hydrogens is 1820 g/mol. The van der Waals surface area contributed by atoms with Crippen molar-refractivity contribution in [3.63, 3.8) is 0 Å². The minimum Gasteiger partial charge on any atom is -0.299 e. The fourth-order valence-corrected chi connectivity index (χ4v) is 20.5. The molecule has 0 radical (unpaired) electrons. The number of pyridine rings is 6. The number of carbonyl (C=O) groups is 6. The number of Topliss-reactive ketones (excluding diaryl/α,β-unsaturated/α-hetero) is 6. The lowest BCUT2D eigenvalue weighted by atomic mass is 9.69. The summed E-state index contributed by atoms with van der Waals surface area (Å²) < 4.78 is 82.2. The minimum absolute atomic E-state index is 0.0260. The summed E-state index contributed by atoms with van der Waals surface area (Å²) in [6.07, 6.45) is 35.7. The largest absolute Gasteiger partial charge is 0.299 e. The van der Waals surface area contributed by atoms with Gasteiger partial charge in [0.05, 0.1) is 0 Å². The van der Waals surface area contributed by atoms with Gasteiger partial charge in [0.25, 0.3) is 0 Å². The number of halogens is 6. The molecule has 7 aromatic carbocycles. The highest BCUT2D eigenvalue weighted by Crippen LogP contribution is 2.42. The van der Waals surface area contributed by atoms with Crippen LogP contribution >= 0.6 is 0 Å². The Balaban J connectivity index is 0.000000179. The van der Waals surface area contributed by atoms with Gasteiger partial charge in [-0.3, -0.25) is 58.7 Å². The Kier molecular flexibility index (Phi) is 44.0. The lowest BCUT2D eigenvalue weighted by molar-refractivity contribution is -0.129. The Bertz CT molecular complexity index is 6650. The molecule has 12 nitrogen and oxygen atoms in total. The number of hydrogen-bond donors (Lipinski definition) is 0. The van der Waals surface area contributed by atoms with Gasteiger partial charge in [-0.05, 0) is 247 Å². The molecule has 6 unspecified atom stereocenters. The molecule has 0 bridgehead atoms. The summed E-state index contributed by atoms with van der Waals surface area (Å²) in [6, 6.07) is 50.9. The minimum atomic E-state index is -0.410. The molecule has 2 aliphatic carbocycles. The van der Waals surface area contributed by atoms with Gasteiger partial charge in [0.1, 0.15) is 103 Å². The van der Waals surface area contributed by atoms with Crippen LogP contribution in [0.4, 0.5) is 26.3 Å².